The molecule has 5 nitrogen and oxygen atoms in total. The first-order valence-electron chi connectivity index (χ1n) is 3.56. The van der Waals surface area contributed by atoms with Crippen LogP contribution in [-0.2, 0) is 19.4 Å². The van der Waals surface area contributed by atoms with Gasteiger partial charge in [0.15, 0.2) is 9.84 Å². The third-order valence-corrected chi connectivity index (χ3v) is 1.85. The van der Waals surface area contributed by atoms with E-state index in [9.17, 15) is 13.2 Å². The molecule has 0 spiro atoms. The second-order valence-electron chi connectivity index (χ2n) is 2.60. The van der Waals surface area contributed by atoms with Crippen LogP contribution in [0, 0.1) is 0 Å². The summed E-state index contributed by atoms with van der Waals surface area (Å²) in [7, 11) is -1.93. The van der Waals surface area contributed by atoms with E-state index in [1.807, 2.05) is 0 Å². The van der Waals surface area contributed by atoms with E-state index in [0.717, 1.165) is 11.7 Å². The quantitative estimate of drug-likeness (QED) is 0.624. The number of nitrogens with two attached hydrogens (primary N) is 1. The first kappa shape index (κ1) is 12.1. The molecule has 0 aromatic rings. The van der Waals surface area contributed by atoms with E-state index in [1.54, 1.807) is 0 Å². The molecule has 0 heterocycles. The van der Waals surface area contributed by atoms with Crippen LogP contribution in [-0.4, -0.2) is 33.8 Å². The minimum atomic E-state index is -3.17. The van der Waals surface area contributed by atoms with Gasteiger partial charge in [-0.25, -0.2) is 8.42 Å². The molecule has 0 rings (SSSR count). The minimum absolute atomic E-state index is 0.0253. The number of sulfone groups is 1. The van der Waals surface area contributed by atoms with Gasteiger partial charge in [0.25, 0.3) is 0 Å². The lowest BCUT2D eigenvalue weighted by atomic mass is 10.2. The zero-order chi connectivity index (χ0) is 10.5. The first-order valence-corrected chi connectivity index (χ1v) is 5.51. The average molecular weight is 207 g/mol. The van der Waals surface area contributed by atoms with Gasteiger partial charge in [-0.1, -0.05) is 6.08 Å². The normalized spacial score (nSPS) is 14.4. The first-order chi connectivity index (χ1) is 5.85. The average Bonchev–Trinajstić information content (AvgIpc) is 1.99. The number of carbonyl (C=O) groups excluding carboxylic acids is 1. The molecule has 0 aromatic heterocycles. The summed E-state index contributed by atoms with van der Waals surface area (Å²) in [6.07, 6.45) is 2.28. The smallest absolute Gasteiger partial charge is 0.307 e. The Hall–Kier alpha value is -0.880. The predicted molar refractivity (Wildman–Crippen MR) is 48.6 cm³/mol. The monoisotopic (exact) mass is 207 g/mol. The number of hydrogen-bond donors (Lipinski definition) is 1. The van der Waals surface area contributed by atoms with Gasteiger partial charge in [-0.05, 0) is 0 Å². The molecule has 76 valence electrons. The molecule has 0 unspecified atom stereocenters. The van der Waals surface area contributed by atoms with Crippen molar-refractivity contribution in [1.29, 1.82) is 0 Å². The molecule has 1 atom stereocenters. The van der Waals surface area contributed by atoms with Crippen LogP contribution in [0.1, 0.15) is 6.42 Å². The standard InChI is InChI=1S/C7H13NO4S/c1-12-7(9)5-6(8)3-4-13(2,10)11/h3-4,6H,5,8H2,1-2H3/t6-/m1/s1. The van der Waals surface area contributed by atoms with Gasteiger partial charge < -0.3 is 10.5 Å². The van der Waals surface area contributed by atoms with Crippen LogP contribution in [0.25, 0.3) is 0 Å². The van der Waals surface area contributed by atoms with Crippen LogP contribution in [0.2, 0.25) is 0 Å². The lowest BCUT2D eigenvalue weighted by Gasteiger charge is -2.03. The van der Waals surface area contributed by atoms with E-state index in [-0.39, 0.29) is 6.42 Å². The van der Waals surface area contributed by atoms with Gasteiger partial charge in [-0.3, -0.25) is 4.79 Å². The highest BCUT2D eigenvalue weighted by atomic mass is 32.2. The fourth-order valence-corrected chi connectivity index (χ4v) is 1.07. The van der Waals surface area contributed by atoms with Crippen molar-refractivity contribution in [1.82, 2.24) is 0 Å². The molecule has 2 N–H and O–H groups in total. The Balaban J connectivity index is 4.09. The van der Waals surface area contributed by atoms with Crippen molar-refractivity contribution < 1.29 is 17.9 Å². The molecule has 0 amide bonds. The molecule has 0 saturated heterocycles. The largest absolute Gasteiger partial charge is 0.469 e. The molecular weight excluding hydrogens is 194 g/mol. The Morgan fingerprint density at radius 2 is 2.15 bits per heavy atom. The van der Waals surface area contributed by atoms with Gasteiger partial charge in [0.05, 0.1) is 13.5 Å². The van der Waals surface area contributed by atoms with Gasteiger partial charge >= 0.3 is 5.97 Å². The van der Waals surface area contributed by atoms with E-state index in [1.165, 1.54) is 13.2 Å². The second-order valence-corrected chi connectivity index (χ2v) is 4.53. The molecule has 0 radical (unpaired) electrons. The summed E-state index contributed by atoms with van der Waals surface area (Å²) in [6, 6.07) is -0.623. The zero-order valence-corrected chi connectivity index (χ0v) is 8.37. The van der Waals surface area contributed by atoms with Crippen LogP contribution in [0.5, 0.6) is 0 Å². The van der Waals surface area contributed by atoms with Gasteiger partial charge in [0.1, 0.15) is 0 Å². The molecular formula is C7H13NO4S. The molecule has 0 bridgehead atoms. The summed E-state index contributed by atoms with van der Waals surface area (Å²) >= 11 is 0. The number of carbonyl (C=O) groups is 1. The Morgan fingerprint density at radius 3 is 2.54 bits per heavy atom. The zero-order valence-electron chi connectivity index (χ0n) is 7.56. The van der Waals surface area contributed by atoms with Gasteiger partial charge in [-0.15, -0.1) is 0 Å². The third kappa shape index (κ3) is 7.48. The summed E-state index contributed by atoms with van der Waals surface area (Å²) in [5.74, 6) is -0.467. The lowest BCUT2D eigenvalue weighted by Crippen LogP contribution is -2.22. The van der Waals surface area contributed by atoms with Gasteiger partial charge in [0, 0.05) is 17.7 Å². The van der Waals surface area contributed by atoms with Crippen LogP contribution >= 0.6 is 0 Å². The van der Waals surface area contributed by atoms with Gasteiger partial charge in [0.2, 0.25) is 0 Å². The maximum Gasteiger partial charge on any atom is 0.307 e. The van der Waals surface area contributed by atoms with Crippen molar-refractivity contribution in [2.24, 2.45) is 5.73 Å². The minimum Gasteiger partial charge on any atom is -0.469 e. The van der Waals surface area contributed by atoms with Crippen molar-refractivity contribution in [2.45, 2.75) is 12.5 Å². The van der Waals surface area contributed by atoms with Crippen molar-refractivity contribution in [2.75, 3.05) is 13.4 Å². The maximum absolute atomic E-state index is 10.7. The predicted octanol–water partition coefficient (Wildman–Crippen LogP) is -0.565. The molecule has 0 aliphatic carbocycles. The highest BCUT2D eigenvalue weighted by Crippen LogP contribution is 1.95. The number of hydrogen-bond acceptors (Lipinski definition) is 5. The van der Waals surface area contributed by atoms with Crippen molar-refractivity contribution in [3.63, 3.8) is 0 Å². The SMILES string of the molecule is COC(=O)C[C@H](N)C=CS(C)(=O)=O. The lowest BCUT2D eigenvalue weighted by molar-refractivity contribution is -0.140. The van der Waals surface area contributed by atoms with Crippen molar-refractivity contribution in [3.05, 3.63) is 11.5 Å². The topological polar surface area (TPSA) is 86.5 Å². The highest BCUT2D eigenvalue weighted by molar-refractivity contribution is 7.93. The molecule has 6 heteroatoms. The number of esters is 1. The van der Waals surface area contributed by atoms with Crippen LogP contribution in [0.3, 0.4) is 0 Å². The third-order valence-electron chi connectivity index (χ3n) is 1.20. The summed E-state index contributed by atoms with van der Waals surface area (Å²) < 4.78 is 25.6. The summed E-state index contributed by atoms with van der Waals surface area (Å²) in [5.41, 5.74) is 5.41. The van der Waals surface area contributed by atoms with Crippen LogP contribution in [0.4, 0.5) is 0 Å². The summed E-state index contributed by atoms with van der Waals surface area (Å²) in [5, 5.41) is 0.973. The number of rotatable bonds is 4. The number of ether oxygens (including phenoxy) is 1. The highest BCUT2D eigenvalue weighted by Gasteiger charge is 2.06. The fourth-order valence-electron chi connectivity index (χ4n) is 0.587. The van der Waals surface area contributed by atoms with E-state index in [0.29, 0.717) is 0 Å². The molecule has 0 aromatic carbocycles. The number of methoxy groups -OCH3 is 1. The molecule has 0 aliphatic heterocycles. The van der Waals surface area contributed by atoms with E-state index < -0.39 is 21.8 Å². The Kier molecular flexibility index (Phi) is 4.64. The van der Waals surface area contributed by atoms with E-state index in [2.05, 4.69) is 4.74 Å². The van der Waals surface area contributed by atoms with Crippen molar-refractivity contribution >= 4 is 15.8 Å². The van der Waals surface area contributed by atoms with Gasteiger partial charge in [-0.2, -0.15) is 0 Å². The van der Waals surface area contributed by atoms with Crippen LogP contribution in [0.15, 0.2) is 11.5 Å². The van der Waals surface area contributed by atoms with Crippen molar-refractivity contribution in [3.8, 4) is 0 Å². The molecule has 13 heavy (non-hydrogen) atoms. The summed E-state index contributed by atoms with van der Waals surface area (Å²) in [4.78, 5) is 10.7. The molecule has 0 saturated carbocycles. The Bertz CT molecular complexity index is 294. The van der Waals surface area contributed by atoms with E-state index >= 15 is 0 Å². The molecule has 0 fully saturated rings. The summed E-state index contributed by atoms with van der Waals surface area (Å²) in [6.45, 7) is 0. The maximum atomic E-state index is 10.7. The Labute approximate surface area is 77.5 Å². The van der Waals surface area contributed by atoms with Crippen LogP contribution < -0.4 is 5.73 Å². The molecule has 0 aliphatic rings. The Morgan fingerprint density at radius 1 is 1.62 bits per heavy atom. The van der Waals surface area contributed by atoms with E-state index in [4.69, 9.17) is 5.73 Å². The fraction of sp³-hybridized carbons (Fsp3) is 0.571. The second kappa shape index (κ2) is 4.98.